The molecule has 0 N–H and O–H groups in total. The van der Waals surface area contributed by atoms with Gasteiger partial charge >= 0.3 is 0 Å². The lowest BCUT2D eigenvalue weighted by molar-refractivity contribution is 0.122. The van der Waals surface area contributed by atoms with Crippen LogP contribution in [0.3, 0.4) is 0 Å². The van der Waals surface area contributed by atoms with Gasteiger partial charge in [0, 0.05) is 18.8 Å². The molecule has 2 aliphatic heterocycles. The summed E-state index contributed by atoms with van der Waals surface area (Å²) in [5, 5.41) is 10.4. The van der Waals surface area contributed by atoms with Crippen LogP contribution in [0.2, 0.25) is 5.02 Å². The average Bonchev–Trinajstić information content (AvgIpc) is 3.23. The molecule has 30 heavy (non-hydrogen) atoms. The minimum atomic E-state index is 0.519. The van der Waals surface area contributed by atoms with Crippen LogP contribution >= 0.6 is 23.4 Å². The van der Waals surface area contributed by atoms with E-state index in [1.165, 1.54) is 0 Å². The Hall–Kier alpha value is -2.42. The summed E-state index contributed by atoms with van der Waals surface area (Å²) in [6.07, 6.45) is 0. The number of halogens is 1. The standard InChI is InChI=1S/C21H21ClN4O3S/c22-17-12-15(13-18-19(17)29-11-10-28-18)14-30-21-24-23-20(25-6-8-27-9-7-25)26(21)16-4-2-1-3-5-16/h1-5,12-13H,6-11,14H2. The van der Waals surface area contributed by atoms with Gasteiger partial charge in [0.15, 0.2) is 16.7 Å². The van der Waals surface area contributed by atoms with Crippen molar-refractivity contribution in [3.8, 4) is 17.2 Å². The third kappa shape index (κ3) is 3.95. The van der Waals surface area contributed by atoms with Crippen molar-refractivity contribution in [3.05, 3.63) is 53.1 Å². The maximum absolute atomic E-state index is 6.40. The number of rotatable bonds is 5. The van der Waals surface area contributed by atoms with Crippen LogP contribution in [0, 0.1) is 0 Å². The highest BCUT2D eigenvalue weighted by Gasteiger charge is 2.22. The lowest BCUT2D eigenvalue weighted by Crippen LogP contribution is -2.37. The Kier molecular flexibility index (Phi) is 5.70. The third-order valence-electron chi connectivity index (χ3n) is 4.95. The van der Waals surface area contributed by atoms with Crippen molar-refractivity contribution < 1.29 is 14.2 Å². The zero-order chi connectivity index (χ0) is 20.3. The normalized spacial score (nSPS) is 16.0. The molecule has 1 fully saturated rings. The summed E-state index contributed by atoms with van der Waals surface area (Å²) >= 11 is 8.01. The number of benzene rings is 2. The molecule has 0 amide bonds. The van der Waals surface area contributed by atoms with Gasteiger partial charge in [0.2, 0.25) is 5.95 Å². The molecule has 2 aliphatic rings. The molecular formula is C21H21ClN4O3S. The first kappa shape index (κ1) is 19.5. The fraction of sp³-hybridized carbons (Fsp3) is 0.333. The van der Waals surface area contributed by atoms with E-state index >= 15 is 0 Å². The first-order chi connectivity index (χ1) is 14.8. The van der Waals surface area contributed by atoms with Gasteiger partial charge in [-0.25, -0.2) is 0 Å². The Morgan fingerprint density at radius 3 is 2.60 bits per heavy atom. The van der Waals surface area contributed by atoms with Crippen LogP contribution in [0.5, 0.6) is 11.5 Å². The zero-order valence-electron chi connectivity index (χ0n) is 16.3. The fourth-order valence-electron chi connectivity index (χ4n) is 3.52. The van der Waals surface area contributed by atoms with Crippen molar-refractivity contribution in [1.82, 2.24) is 14.8 Å². The molecule has 9 heteroatoms. The van der Waals surface area contributed by atoms with Gasteiger partial charge in [-0.05, 0) is 29.8 Å². The van der Waals surface area contributed by atoms with Crippen molar-refractivity contribution in [2.75, 3.05) is 44.4 Å². The monoisotopic (exact) mass is 444 g/mol. The van der Waals surface area contributed by atoms with Crippen LogP contribution in [0.1, 0.15) is 5.56 Å². The maximum Gasteiger partial charge on any atom is 0.232 e. The molecule has 7 nitrogen and oxygen atoms in total. The smallest absolute Gasteiger partial charge is 0.232 e. The number of morpholine rings is 1. The molecule has 0 spiro atoms. The Labute approximate surface area is 183 Å². The van der Waals surface area contributed by atoms with Crippen LogP contribution in [0.25, 0.3) is 5.69 Å². The summed E-state index contributed by atoms with van der Waals surface area (Å²) in [5.41, 5.74) is 2.08. The molecule has 0 bridgehead atoms. The van der Waals surface area contributed by atoms with Gasteiger partial charge < -0.3 is 19.1 Å². The molecule has 1 saturated heterocycles. The second-order valence-corrected chi connectivity index (χ2v) is 8.29. The summed E-state index contributed by atoms with van der Waals surface area (Å²) in [5.74, 6) is 2.85. The summed E-state index contributed by atoms with van der Waals surface area (Å²) in [4.78, 5) is 2.22. The van der Waals surface area contributed by atoms with Gasteiger partial charge in [0.25, 0.3) is 0 Å². The van der Waals surface area contributed by atoms with E-state index in [4.69, 9.17) is 25.8 Å². The van der Waals surface area contributed by atoms with Gasteiger partial charge in [-0.3, -0.25) is 4.57 Å². The van der Waals surface area contributed by atoms with E-state index in [1.54, 1.807) is 11.8 Å². The Bertz CT molecular complexity index is 1020. The molecule has 0 saturated carbocycles. The topological polar surface area (TPSA) is 61.6 Å². The maximum atomic E-state index is 6.40. The van der Waals surface area contributed by atoms with Crippen molar-refractivity contribution in [2.45, 2.75) is 10.9 Å². The molecular weight excluding hydrogens is 424 g/mol. The van der Waals surface area contributed by atoms with Crippen molar-refractivity contribution in [1.29, 1.82) is 0 Å². The third-order valence-corrected chi connectivity index (χ3v) is 6.23. The molecule has 156 valence electrons. The SMILES string of the molecule is Clc1cc(CSc2nnc(N3CCOCC3)n2-c2ccccc2)cc2c1OCCO2. The van der Waals surface area contributed by atoms with E-state index in [0.29, 0.717) is 48.7 Å². The van der Waals surface area contributed by atoms with E-state index in [0.717, 1.165) is 35.4 Å². The number of para-hydroxylation sites is 1. The molecule has 3 heterocycles. The Morgan fingerprint density at radius 2 is 1.77 bits per heavy atom. The second kappa shape index (κ2) is 8.75. The number of hydrogen-bond acceptors (Lipinski definition) is 7. The summed E-state index contributed by atoms with van der Waals surface area (Å²) < 4.78 is 18.9. The quantitative estimate of drug-likeness (QED) is 0.554. The number of aromatic nitrogens is 3. The Morgan fingerprint density at radius 1 is 0.967 bits per heavy atom. The lowest BCUT2D eigenvalue weighted by Gasteiger charge is -2.27. The lowest BCUT2D eigenvalue weighted by atomic mass is 10.2. The molecule has 0 unspecified atom stereocenters. The number of ether oxygens (including phenoxy) is 3. The summed E-state index contributed by atoms with van der Waals surface area (Å²) in [6.45, 7) is 4.04. The predicted molar refractivity (Wildman–Crippen MR) is 116 cm³/mol. The molecule has 0 atom stereocenters. The van der Waals surface area contributed by atoms with E-state index in [1.807, 2.05) is 30.3 Å². The van der Waals surface area contributed by atoms with E-state index in [2.05, 4.69) is 31.8 Å². The van der Waals surface area contributed by atoms with Crippen LogP contribution in [-0.4, -0.2) is 54.3 Å². The van der Waals surface area contributed by atoms with E-state index in [-0.39, 0.29) is 0 Å². The minimum absolute atomic E-state index is 0.519. The van der Waals surface area contributed by atoms with Gasteiger partial charge in [0.05, 0.1) is 23.9 Å². The first-order valence-corrected chi connectivity index (χ1v) is 11.2. The molecule has 1 aromatic heterocycles. The van der Waals surface area contributed by atoms with Crippen molar-refractivity contribution in [2.24, 2.45) is 0 Å². The molecule has 5 rings (SSSR count). The number of nitrogens with zero attached hydrogens (tertiary/aromatic N) is 4. The van der Waals surface area contributed by atoms with Gasteiger partial charge in [-0.15, -0.1) is 10.2 Å². The molecule has 2 aromatic carbocycles. The highest BCUT2D eigenvalue weighted by atomic mass is 35.5. The van der Waals surface area contributed by atoms with Crippen molar-refractivity contribution >= 4 is 29.3 Å². The minimum Gasteiger partial charge on any atom is -0.486 e. The first-order valence-electron chi connectivity index (χ1n) is 9.84. The second-order valence-electron chi connectivity index (χ2n) is 6.94. The number of hydrogen-bond donors (Lipinski definition) is 0. The van der Waals surface area contributed by atoms with Gasteiger partial charge in [0.1, 0.15) is 13.2 Å². The van der Waals surface area contributed by atoms with Crippen molar-refractivity contribution in [3.63, 3.8) is 0 Å². The average molecular weight is 445 g/mol. The molecule has 0 radical (unpaired) electrons. The fourth-order valence-corrected chi connectivity index (χ4v) is 4.69. The van der Waals surface area contributed by atoms with Crippen LogP contribution in [0.4, 0.5) is 5.95 Å². The molecule has 0 aliphatic carbocycles. The zero-order valence-corrected chi connectivity index (χ0v) is 17.9. The van der Waals surface area contributed by atoms with Crippen LogP contribution < -0.4 is 14.4 Å². The van der Waals surface area contributed by atoms with E-state index in [9.17, 15) is 0 Å². The van der Waals surface area contributed by atoms with Crippen LogP contribution in [0.15, 0.2) is 47.6 Å². The highest BCUT2D eigenvalue weighted by Crippen LogP contribution is 2.40. The van der Waals surface area contributed by atoms with Gasteiger partial charge in [-0.1, -0.05) is 41.6 Å². The highest BCUT2D eigenvalue weighted by molar-refractivity contribution is 7.98. The molecule has 3 aromatic rings. The number of anilines is 1. The number of thioether (sulfide) groups is 1. The predicted octanol–water partition coefficient (Wildman–Crippen LogP) is 3.82. The van der Waals surface area contributed by atoms with Gasteiger partial charge in [-0.2, -0.15) is 0 Å². The largest absolute Gasteiger partial charge is 0.486 e. The number of fused-ring (bicyclic) bond motifs is 1. The van der Waals surface area contributed by atoms with E-state index < -0.39 is 0 Å². The van der Waals surface area contributed by atoms with Crippen LogP contribution in [-0.2, 0) is 10.5 Å². The summed E-state index contributed by atoms with van der Waals surface area (Å²) in [6, 6.07) is 14.1. The Balaban J connectivity index is 1.43. The summed E-state index contributed by atoms with van der Waals surface area (Å²) in [7, 11) is 0.